The van der Waals surface area contributed by atoms with Crippen LogP contribution in [0.15, 0.2) is 75.9 Å². The highest BCUT2D eigenvalue weighted by atomic mass is 35.5. The van der Waals surface area contributed by atoms with Crippen molar-refractivity contribution in [3.63, 3.8) is 0 Å². The van der Waals surface area contributed by atoms with Crippen molar-refractivity contribution in [2.45, 2.75) is 13.5 Å². The number of ether oxygens (including phenoxy) is 1. The Hall–Kier alpha value is -3.57. The summed E-state index contributed by atoms with van der Waals surface area (Å²) in [4.78, 5) is 24.2. The van der Waals surface area contributed by atoms with Crippen LogP contribution >= 0.6 is 11.6 Å². The molecule has 0 saturated carbocycles. The summed E-state index contributed by atoms with van der Waals surface area (Å²) in [6.07, 6.45) is 0. The normalized spacial score (nSPS) is 10.9. The number of halogens is 1. The molecule has 30 heavy (non-hydrogen) atoms. The fraction of sp³-hybridized carbons (Fsp3) is 0.0833. The number of rotatable bonds is 5. The van der Waals surface area contributed by atoms with Crippen LogP contribution in [0.25, 0.3) is 22.3 Å². The summed E-state index contributed by atoms with van der Waals surface area (Å²) in [5.74, 6) is -0.593. The molecule has 3 aromatic carbocycles. The Labute approximate surface area is 177 Å². The van der Waals surface area contributed by atoms with Crippen LogP contribution < -0.4 is 10.2 Å². The van der Waals surface area contributed by atoms with Crippen LogP contribution in [0.4, 0.5) is 0 Å². The third-order valence-electron chi connectivity index (χ3n) is 4.75. The molecule has 0 atom stereocenters. The molecule has 4 aromatic rings. The predicted molar refractivity (Wildman–Crippen MR) is 115 cm³/mol. The van der Waals surface area contributed by atoms with Crippen molar-refractivity contribution in [3.8, 4) is 17.1 Å². The van der Waals surface area contributed by atoms with Crippen LogP contribution in [-0.4, -0.2) is 11.1 Å². The van der Waals surface area contributed by atoms with Gasteiger partial charge in [-0.25, -0.2) is 4.79 Å². The number of carboxylic acid groups (broad SMARTS) is 1. The van der Waals surface area contributed by atoms with Gasteiger partial charge in [0.2, 0.25) is 11.2 Å². The van der Waals surface area contributed by atoms with Gasteiger partial charge in [0.1, 0.15) is 12.2 Å². The lowest BCUT2D eigenvalue weighted by Gasteiger charge is -2.12. The van der Waals surface area contributed by atoms with Gasteiger partial charge >= 0.3 is 5.97 Å². The van der Waals surface area contributed by atoms with Crippen LogP contribution in [-0.2, 0) is 6.61 Å². The highest BCUT2D eigenvalue weighted by Gasteiger charge is 2.19. The summed E-state index contributed by atoms with van der Waals surface area (Å²) in [6, 6.07) is 18.8. The molecule has 4 rings (SSSR count). The molecule has 0 saturated heterocycles. The first kappa shape index (κ1) is 19.7. The summed E-state index contributed by atoms with van der Waals surface area (Å²) in [5, 5.41) is 9.83. The van der Waals surface area contributed by atoms with Crippen molar-refractivity contribution >= 4 is 28.5 Å². The second kappa shape index (κ2) is 8.05. The summed E-state index contributed by atoms with van der Waals surface area (Å²) in [5.41, 5.74) is 2.52. The van der Waals surface area contributed by atoms with Crippen molar-refractivity contribution < 1.29 is 19.1 Å². The van der Waals surface area contributed by atoms with Gasteiger partial charge in [-0.1, -0.05) is 54.1 Å². The number of aryl methyl sites for hydroxylation is 1. The number of hydrogen-bond acceptors (Lipinski definition) is 4. The summed E-state index contributed by atoms with van der Waals surface area (Å²) in [7, 11) is 0. The second-order valence-corrected chi connectivity index (χ2v) is 7.25. The van der Waals surface area contributed by atoms with E-state index in [1.165, 1.54) is 12.1 Å². The average molecular weight is 421 g/mol. The third kappa shape index (κ3) is 3.80. The number of aromatic carboxylic acids is 1. The van der Waals surface area contributed by atoms with Crippen molar-refractivity contribution in [1.29, 1.82) is 0 Å². The van der Waals surface area contributed by atoms with Gasteiger partial charge in [-0.3, -0.25) is 4.79 Å². The highest BCUT2D eigenvalue weighted by Crippen LogP contribution is 2.33. The Morgan fingerprint density at radius 2 is 1.77 bits per heavy atom. The van der Waals surface area contributed by atoms with Crippen LogP contribution in [0, 0.1) is 6.92 Å². The highest BCUT2D eigenvalue weighted by molar-refractivity contribution is 6.32. The number of carbonyl (C=O) groups is 1. The molecule has 0 radical (unpaired) electrons. The first-order valence-electron chi connectivity index (χ1n) is 9.21. The molecule has 1 N–H and O–H groups in total. The maximum absolute atomic E-state index is 13.2. The SMILES string of the molecule is Cc1cc2oc(-c3ccccc3)c(OCc3ccc(C(=O)O)cc3)c(=O)c2cc1Cl. The van der Waals surface area contributed by atoms with Crippen molar-refractivity contribution in [3.05, 3.63) is 98.7 Å². The number of hydrogen-bond donors (Lipinski definition) is 1. The fourth-order valence-corrected chi connectivity index (χ4v) is 3.27. The molecule has 6 heteroatoms. The summed E-state index contributed by atoms with van der Waals surface area (Å²) in [6.45, 7) is 1.92. The lowest BCUT2D eigenvalue weighted by Crippen LogP contribution is -2.10. The smallest absolute Gasteiger partial charge is 0.335 e. The van der Waals surface area contributed by atoms with E-state index in [9.17, 15) is 9.59 Å². The molecule has 5 nitrogen and oxygen atoms in total. The molecule has 0 amide bonds. The third-order valence-corrected chi connectivity index (χ3v) is 5.16. The summed E-state index contributed by atoms with van der Waals surface area (Å²) < 4.78 is 12.0. The van der Waals surface area contributed by atoms with Gasteiger partial charge in [0.15, 0.2) is 5.76 Å². The van der Waals surface area contributed by atoms with Crippen LogP contribution in [0.2, 0.25) is 5.02 Å². The topological polar surface area (TPSA) is 76.7 Å². The van der Waals surface area contributed by atoms with Gasteiger partial charge in [0.05, 0.1) is 10.9 Å². The zero-order chi connectivity index (χ0) is 21.3. The Morgan fingerprint density at radius 3 is 2.43 bits per heavy atom. The van der Waals surface area contributed by atoms with Gasteiger partial charge in [-0.05, 0) is 42.3 Å². The average Bonchev–Trinajstić information content (AvgIpc) is 2.75. The second-order valence-electron chi connectivity index (χ2n) is 6.84. The standard InChI is InChI=1S/C24H17ClO5/c1-14-11-20-18(12-19(14)25)21(26)23(22(30-20)16-5-3-2-4-6-16)29-13-15-7-9-17(10-8-15)24(27)28/h2-12H,13H2,1H3,(H,27,28). The molecular formula is C24H17ClO5. The van der Waals surface area contributed by atoms with Gasteiger partial charge in [0, 0.05) is 10.6 Å². The molecule has 150 valence electrons. The Morgan fingerprint density at radius 1 is 1.07 bits per heavy atom. The molecule has 0 fully saturated rings. The van der Waals surface area contributed by atoms with E-state index in [0.717, 1.165) is 11.1 Å². The number of benzene rings is 3. The summed E-state index contributed by atoms with van der Waals surface area (Å²) >= 11 is 6.21. The van der Waals surface area contributed by atoms with E-state index in [4.69, 9.17) is 25.9 Å². The van der Waals surface area contributed by atoms with Crippen molar-refractivity contribution in [1.82, 2.24) is 0 Å². The van der Waals surface area contributed by atoms with Gasteiger partial charge in [0.25, 0.3) is 0 Å². The quantitative estimate of drug-likeness (QED) is 0.448. The van der Waals surface area contributed by atoms with Gasteiger partial charge in [-0.2, -0.15) is 0 Å². The Bertz CT molecular complexity index is 1290. The van der Waals surface area contributed by atoms with E-state index in [1.54, 1.807) is 24.3 Å². The van der Waals surface area contributed by atoms with Crippen LogP contribution in [0.3, 0.4) is 0 Å². The molecule has 1 heterocycles. The maximum atomic E-state index is 13.2. The van der Waals surface area contributed by atoms with E-state index in [-0.39, 0.29) is 23.3 Å². The molecule has 0 aliphatic carbocycles. The minimum Gasteiger partial charge on any atom is -0.481 e. The molecule has 0 bridgehead atoms. The number of fused-ring (bicyclic) bond motifs is 1. The first-order valence-corrected chi connectivity index (χ1v) is 9.59. The maximum Gasteiger partial charge on any atom is 0.335 e. The minimum atomic E-state index is -1.00. The molecule has 0 aliphatic rings. The first-order chi connectivity index (χ1) is 14.4. The Kier molecular flexibility index (Phi) is 5.29. The van der Waals surface area contributed by atoms with E-state index < -0.39 is 5.97 Å². The van der Waals surface area contributed by atoms with Crippen molar-refractivity contribution in [2.24, 2.45) is 0 Å². The molecule has 0 unspecified atom stereocenters. The predicted octanol–water partition coefficient (Wildman–Crippen LogP) is 5.70. The van der Waals surface area contributed by atoms with E-state index in [0.29, 0.717) is 27.3 Å². The zero-order valence-corrected chi connectivity index (χ0v) is 16.8. The molecular weight excluding hydrogens is 404 g/mol. The monoisotopic (exact) mass is 420 g/mol. The largest absolute Gasteiger partial charge is 0.481 e. The Balaban J connectivity index is 1.80. The molecule has 0 spiro atoms. The lowest BCUT2D eigenvalue weighted by molar-refractivity contribution is 0.0697. The van der Waals surface area contributed by atoms with E-state index in [2.05, 4.69) is 0 Å². The molecule has 1 aromatic heterocycles. The van der Waals surface area contributed by atoms with E-state index in [1.807, 2.05) is 37.3 Å². The van der Waals surface area contributed by atoms with Crippen molar-refractivity contribution in [2.75, 3.05) is 0 Å². The van der Waals surface area contributed by atoms with Gasteiger partial charge < -0.3 is 14.3 Å². The van der Waals surface area contributed by atoms with Gasteiger partial charge in [-0.15, -0.1) is 0 Å². The van der Waals surface area contributed by atoms with Crippen LogP contribution in [0.5, 0.6) is 5.75 Å². The van der Waals surface area contributed by atoms with Crippen LogP contribution in [0.1, 0.15) is 21.5 Å². The number of carboxylic acids is 1. The van der Waals surface area contributed by atoms with E-state index >= 15 is 0 Å². The molecule has 0 aliphatic heterocycles. The zero-order valence-electron chi connectivity index (χ0n) is 16.0. The fourth-order valence-electron chi connectivity index (χ4n) is 3.11. The lowest BCUT2D eigenvalue weighted by atomic mass is 10.1. The minimum absolute atomic E-state index is 0.0790.